The van der Waals surface area contributed by atoms with E-state index in [1.54, 1.807) is 13.8 Å². The number of benzene rings is 1. The molecule has 0 radical (unpaired) electrons. The molecule has 102 valence electrons. The minimum atomic E-state index is -3.73. The van der Waals surface area contributed by atoms with E-state index in [0.29, 0.717) is 0 Å². The Hall–Kier alpha value is -0.690. The van der Waals surface area contributed by atoms with Crippen LogP contribution in [0.5, 0.6) is 0 Å². The molecule has 4 nitrogen and oxygen atoms in total. The number of sulfonamides is 1. The third-order valence-corrected chi connectivity index (χ3v) is 5.14. The fourth-order valence-corrected chi connectivity index (χ4v) is 2.98. The van der Waals surface area contributed by atoms with Crippen molar-refractivity contribution in [3.63, 3.8) is 0 Å². The maximum Gasteiger partial charge on any atom is 0.243 e. The Balaban J connectivity index is 3.39. The van der Waals surface area contributed by atoms with Gasteiger partial charge in [-0.3, -0.25) is 0 Å². The first-order valence-electron chi connectivity index (χ1n) is 5.37. The number of nitrogens with two attached hydrogens (primary N) is 1. The lowest BCUT2D eigenvalue weighted by atomic mass is 10.2. The molecule has 1 aromatic carbocycles. The summed E-state index contributed by atoms with van der Waals surface area (Å²) in [5.74, 6) is -0.782. The Kier molecular flexibility index (Phi) is 4.72. The van der Waals surface area contributed by atoms with Gasteiger partial charge in [-0.1, -0.05) is 11.6 Å². The number of rotatable bonds is 4. The normalized spacial score (nSPS) is 12.4. The standard InChI is InChI=1S/C11H16ClFN2O2S/c1-7(2)15(3)18(16,17)9-4-8(6-14)11(12)10(13)5-9/h4-5,7H,6,14H2,1-3H3. The van der Waals surface area contributed by atoms with E-state index >= 15 is 0 Å². The van der Waals surface area contributed by atoms with E-state index in [1.807, 2.05) is 0 Å². The highest BCUT2D eigenvalue weighted by Crippen LogP contribution is 2.26. The third kappa shape index (κ3) is 2.83. The van der Waals surface area contributed by atoms with Crippen LogP contribution in [0.3, 0.4) is 0 Å². The predicted octanol–water partition coefficient (Wildman–Crippen LogP) is 1.97. The summed E-state index contributed by atoms with van der Waals surface area (Å²) in [4.78, 5) is -0.138. The first-order chi connectivity index (χ1) is 8.21. The van der Waals surface area contributed by atoms with Crippen molar-refractivity contribution in [3.05, 3.63) is 28.5 Å². The molecule has 0 saturated carbocycles. The lowest BCUT2D eigenvalue weighted by Crippen LogP contribution is -2.33. The van der Waals surface area contributed by atoms with Crippen LogP contribution in [0.4, 0.5) is 4.39 Å². The average Bonchev–Trinajstić information content (AvgIpc) is 2.30. The molecular formula is C11H16ClFN2O2S. The summed E-state index contributed by atoms with van der Waals surface area (Å²) >= 11 is 5.69. The monoisotopic (exact) mass is 294 g/mol. The van der Waals surface area contributed by atoms with E-state index in [0.717, 1.165) is 10.4 Å². The Morgan fingerprint density at radius 3 is 2.44 bits per heavy atom. The SMILES string of the molecule is CC(C)N(C)S(=O)(=O)c1cc(F)c(Cl)c(CN)c1. The molecule has 0 unspecified atom stereocenters. The molecule has 0 amide bonds. The highest BCUT2D eigenvalue weighted by molar-refractivity contribution is 7.89. The van der Waals surface area contributed by atoms with Crippen molar-refractivity contribution in [1.82, 2.24) is 4.31 Å². The summed E-state index contributed by atoms with van der Waals surface area (Å²) in [6.45, 7) is 3.44. The van der Waals surface area contributed by atoms with Crippen molar-refractivity contribution in [1.29, 1.82) is 0 Å². The molecule has 2 N–H and O–H groups in total. The molecule has 0 atom stereocenters. The van der Waals surface area contributed by atoms with Crippen molar-refractivity contribution in [2.24, 2.45) is 5.73 Å². The van der Waals surface area contributed by atoms with Crippen molar-refractivity contribution in [3.8, 4) is 0 Å². The van der Waals surface area contributed by atoms with Crippen molar-refractivity contribution >= 4 is 21.6 Å². The molecule has 0 spiro atoms. The quantitative estimate of drug-likeness (QED) is 0.923. The zero-order valence-electron chi connectivity index (χ0n) is 10.4. The van der Waals surface area contributed by atoms with Gasteiger partial charge in [0.15, 0.2) is 0 Å². The maximum atomic E-state index is 13.6. The van der Waals surface area contributed by atoms with Gasteiger partial charge < -0.3 is 5.73 Å². The van der Waals surface area contributed by atoms with Gasteiger partial charge in [-0.05, 0) is 31.5 Å². The zero-order valence-corrected chi connectivity index (χ0v) is 12.0. The Labute approximate surface area is 112 Å². The largest absolute Gasteiger partial charge is 0.326 e. The van der Waals surface area contributed by atoms with Crippen LogP contribution >= 0.6 is 11.6 Å². The molecule has 0 aliphatic rings. The first kappa shape index (κ1) is 15.4. The van der Waals surface area contributed by atoms with Crippen LogP contribution < -0.4 is 5.73 Å². The van der Waals surface area contributed by atoms with Gasteiger partial charge >= 0.3 is 0 Å². The topological polar surface area (TPSA) is 63.4 Å². The van der Waals surface area contributed by atoms with Gasteiger partial charge in [-0.15, -0.1) is 0 Å². The summed E-state index contributed by atoms with van der Waals surface area (Å²) in [6, 6.07) is 1.99. The molecule has 1 aromatic rings. The van der Waals surface area contributed by atoms with Gasteiger partial charge in [0.1, 0.15) is 5.82 Å². The lowest BCUT2D eigenvalue weighted by Gasteiger charge is -2.21. The molecular weight excluding hydrogens is 279 g/mol. The van der Waals surface area contributed by atoms with Crippen LogP contribution in [0.25, 0.3) is 0 Å². The van der Waals surface area contributed by atoms with Crippen LogP contribution in [0.15, 0.2) is 17.0 Å². The van der Waals surface area contributed by atoms with Crippen molar-refractivity contribution in [2.45, 2.75) is 31.3 Å². The third-order valence-electron chi connectivity index (χ3n) is 2.70. The Morgan fingerprint density at radius 2 is 2.00 bits per heavy atom. The fraction of sp³-hybridized carbons (Fsp3) is 0.455. The van der Waals surface area contributed by atoms with E-state index in [2.05, 4.69) is 0 Å². The van der Waals surface area contributed by atoms with Crippen LogP contribution in [0.2, 0.25) is 5.02 Å². The summed E-state index contributed by atoms with van der Waals surface area (Å²) < 4.78 is 39.1. The Morgan fingerprint density at radius 1 is 1.44 bits per heavy atom. The second kappa shape index (κ2) is 5.52. The van der Waals surface area contributed by atoms with E-state index < -0.39 is 15.8 Å². The maximum absolute atomic E-state index is 13.6. The summed E-state index contributed by atoms with van der Waals surface area (Å²) in [5, 5.41) is -0.136. The highest BCUT2D eigenvalue weighted by Gasteiger charge is 2.25. The van der Waals surface area contributed by atoms with Crippen molar-refractivity contribution in [2.75, 3.05) is 7.05 Å². The molecule has 0 saturated heterocycles. The molecule has 0 aromatic heterocycles. The van der Waals surface area contributed by atoms with Crippen LogP contribution in [-0.2, 0) is 16.6 Å². The molecule has 7 heteroatoms. The van der Waals surface area contributed by atoms with Gasteiger partial charge in [0.25, 0.3) is 0 Å². The van der Waals surface area contributed by atoms with Gasteiger partial charge in [0.05, 0.1) is 9.92 Å². The van der Waals surface area contributed by atoms with Crippen LogP contribution in [0.1, 0.15) is 19.4 Å². The van der Waals surface area contributed by atoms with Gasteiger partial charge in [0, 0.05) is 19.6 Å². The van der Waals surface area contributed by atoms with Crippen LogP contribution in [0, 0.1) is 5.82 Å². The van der Waals surface area contributed by atoms with E-state index in [-0.39, 0.29) is 28.1 Å². The van der Waals surface area contributed by atoms with E-state index in [4.69, 9.17) is 17.3 Å². The summed E-state index contributed by atoms with van der Waals surface area (Å²) in [5.41, 5.74) is 5.68. The Bertz CT molecular complexity index is 546. The lowest BCUT2D eigenvalue weighted by molar-refractivity contribution is 0.410. The van der Waals surface area contributed by atoms with Crippen LogP contribution in [-0.4, -0.2) is 25.8 Å². The highest BCUT2D eigenvalue weighted by atomic mass is 35.5. The second-order valence-corrected chi connectivity index (χ2v) is 6.57. The number of halogens is 2. The average molecular weight is 295 g/mol. The van der Waals surface area contributed by atoms with E-state index in [9.17, 15) is 12.8 Å². The molecule has 1 rings (SSSR count). The molecule has 18 heavy (non-hydrogen) atoms. The number of hydrogen-bond donors (Lipinski definition) is 1. The van der Waals surface area contributed by atoms with E-state index in [1.165, 1.54) is 13.1 Å². The second-order valence-electron chi connectivity index (χ2n) is 4.20. The van der Waals surface area contributed by atoms with Gasteiger partial charge in [-0.2, -0.15) is 4.31 Å². The predicted molar refractivity (Wildman–Crippen MR) is 69.4 cm³/mol. The number of hydrogen-bond acceptors (Lipinski definition) is 3. The van der Waals surface area contributed by atoms with Crippen molar-refractivity contribution < 1.29 is 12.8 Å². The summed E-state index contributed by atoms with van der Waals surface area (Å²) in [6.07, 6.45) is 0. The molecule has 0 aliphatic carbocycles. The minimum absolute atomic E-state index is 0.0233. The summed E-state index contributed by atoms with van der Waals surface area (Å²) in [7, 11) is -2.29. The molecule has 0 bridgehead atoms. The first-order valence-corrected chi connectivity index (χ1v) is 7.19. The minimum Gasteiger partial charge on any atom is -0.326 e. The van der Waals surface area contributed by atoms with Gasteiger partial charge in [0.2, 0.25) is 10.0 Å². The fourth-order valence-electron chi connectivity index (χ4n) is 1.36. The number of nitrogens with zero attached hydrogens (tertiary/aromatic N) is 1. The molecule has 0 fully saturated rings. The smallest absolute Gasteiger partial charge is 0.243 e. The molecule has 0 aliphatic heterocycles. The molecule has 0 heterocycles. The zero-order chi connectivity index (χ0) is 14.1. The van der Waals surface area contributed by atoms with Gasteiger partial charge in [-0.25, -0.2) is 12.8 Å².